The number of benzene rings is 2. The summed E-state index contributed by atoms with van der Waals surface area (Å²) in [6.45, 7) is 13.4. The molecule has 12 heteroatoms. The number of pyridine rings is 4. The average molecular weight is 1040 g/mol. The van der Waals surface area contributed by atoms with Crippen molar-refractivity contribution in [3.63, 3.8) is 0 Å². The number of hydrogen-bond acceptors (Lipinski definition) is 10. The van der Waals surface area contributed by atoms with Gasteiger partial charge < -0.3 is 9.97 Å². The maximum atomic E-state index is 5.60. The molecule has 0 radical (unpaired) electrons. The van der Waals surface area contributed by atoms with Gasteiger partial charge in [0.15, 0.2) is 11.6 Å². The molecule has 11 heterocycles. The summed E-state index contributed by atoms with van der Waals surface area (Å²) in [5.74, 6) is 0.904. The molecule has 80 heavy (non-hydrogen) atoms. The molecule has 386 valence electrons. The number of nitrogens with zero attached hydrogens (tertiary/aromatic N) is 10. The fourth-order valence-electron chi connectivity index (χ4n) is 10.3. The molecule has 2 N–H and O–H groups in total. The number of rotatable bonds is 8. The third-order valence-electron chi connectivity index (χ3n) is 14.4. The molecular formula is C68H54N12. The largest absolute Gasteiger partial charge is 0.354 e. The molecule has 0 atom stereocenters. The highest BCUT2D eigenvalue weighted by Crippen LogP contribution is 2.40. The van der Waals surface area contributed by atoms with Crippen molar-refractivity contribution in [1.29, 1.82) is 0 Å². The zero-order chi connectivity index (χ0) is 54.5. The van der Waals surface area contributed by atoms with Gasteiger partial charge in [-0.1, -0.05) is 114 Å². The van der Waals surface area contributed by atoms with E-state index in [4.69, 9.17) is 49.8 Å². The summed E-state index contributed by atoms with van der Waals surface area (Å²) < 4.78 is 0. The number of aromatic nitrogens is 12. The Morgan fingerprint density at radius 1 is 0.287 bits per heavy atom. The molecule has 9 aromatic heterocycles. The molecule has 12 nitrogen and oxygen atoms in total. The topological polar surface area (TPSA) is 160 Å². The van der Waals surface area contributed by atoms with Crippen molar-refractivity contribution in [1.82, 2.24) is 59.8 Å². The van der Waals surface area contributed by atoms with Gasteiger partial charge in [-0.2, -0.15) is 0 Å². The zero-order valence-corrected chi connectivity index (χ0v) is 45.1. The van der Waals surface area contributed by atoms with E-state index in [2.05, 4.69) is 149 Å². The summed E-state index contributed by atoms with van der Waals surface area (Å²) in [5.41, 5.74) is 18.8. The number of nitrogens with one attached hydrogen (secondary N) is 2. The second kappa shape index (κ2) is 20.0. The van der Waals surface area contributed by atoms with E-state index in [0.717, 1.165) is 55.7 Å². The lowest BCUT2D eigenvalue weighted by Gasteiger charge is -2.19. The molecule has 2 aliphatic rings. The second-order valence-electron chi connectivity index (χ2n) is 21.9. The number of fused-ring (bicyclic) bond motifs is 8. The summed E-state index contributed by atoms with van der Waals surface area (Å²) in [5, 5.41) is 0. The third kappa shape index (κ3) is 9.57. The van der Waals surface area contributed by atoms with Gasteiger partial charge in [0.05, 0.1) is 90.5 Å². The summed E-state index contributed by atoms with van der Waals surface area (Å²) >= 11 is 0. The van der Waals surface area contributed by atoms with E-state index in [0.29, 0.717) is 79.7 Å². The Bertz CT molecular complexity index is 3980. The standard InChI is InChI=1S/C68H54N12/c1-67(2,3)43-23-19-41(20-24-43)61-49-27-31-53(73-49)63(65-77-57(45-15-7-11-35-69-45)39-58(78-65)46-16-8-12-36-70-46)55-33-29-51(75-55)62(42-21-25-44(26-22-42)68(4,5)6)52-30-34-56(76-52)64(54-32-28-50(61)74-54)66-79-59(47-17-9-13-37-71-47)40-60(80-66)48-18-10-14-38-72-48/h7-40,73,76H,1-6H3. The van der Waals surface area contributed by atoms with Crippen LogP contribution in [-0.2, 0) is 10.8 Å². The normalized spacial score (nSPS) is 12.3. The van der Waals surface area contributed by atoms with Crippen LogP contribution in [0.4, 0.5) is 0 Å². The quantitative estimate of drug-likeness (QED) is 0.150. The Morgan fingerprint density at radius 3 is 0.850 bits per heavy atom. The van der Waals surface area contributed by atoms with Crippen LogP contribution in [-0.4, -0.2) is 59.8 Å². The Labute approximate surface area is 463 Å². The molecule has 13 rings (SSSR count). The maximum Gasteiger partial charge on any atom is 0.164 e. The highest BCUT2D eigenvalue weighted by Gasteiger charge is 2.24. The fraction of sp³-hybridized carbons (Fsp3) is 0.118. The van der Waals surface area contributed by atoms with Gasteiger partial charge in [-0.25, -0.2) is 29.9 Å². The van der Waals surface area contributed by atoms with Gasteiger partial charge >= 0.3 is 0 Å². The summed E-state index contributed by atoms with van der Waals surface area (Å²) in [7, 11) is 0. The van der Waals surface area contributed by atoms with Crippen molar-refractivity contribution in [2.75, 3.05) is 0 Å². The predicted octanol–water partition coefficient (Wildman–Crippen LogP) is 15.7. The minimum atomic E-state index is -0.0634. The Morgan fingerprint density at radius 2 is 0.575 bits per heavy atom. The van der Waals surface area contributed by atoms with E-state index in [9.17, 15) is 0 Å². The molecule has 0 saturated carbocycles. The Balaban J connectivity index is 1.17. The molecule has 0 amide bonds. The van der Waals surface area contributed by atoms with Crippen LogP contribution in [0.15, 0.2) is 183 Å². The molecule has 2 aliphatic heterocycles. The lowest BCUT2D eigenvalue weighted by molar-refractivity contribution is 0.590. The lowest BCUT2D eigenvalue weighted by Crippen LogP contribution is -2.10. The summed E-state index contributed by atoms with van der Waals surface area (Å²) in [4.78, 5) is 59.3. The lowest BCUT2D eigenvalue weighted by atomic mass is 9.86. The molecule has 0 unspecified atom stereocenters. The highest BCUT2D eigenvalue weighted by atomic mass is 15.0. The van der Waals surface area contributed by atoms with Crippen LogP contribution < -0.4 is 0 Å². The molecule has 0 aliphatic carbocycles. The first-order valence-corrected chi connectivity index (χ1v) is 26.7. The Kier molecular flexibility index (Phi) is 12.3. The van der Waals surface area contributed by atoms with Gasteiger partial charge in [0.2, 0.25) is 0 Å². The third-order valence-corrected chi connectivity index (χ3v) is 14.4. The molecule has 8 bridgehead atoms. The smallest absolute Gasteiger partial charge is 0.164 e. The first kappa shape index (κ1) is 49.4. The second-order valence-corrected chi connectivity index (χ2v) is 21.9. The van der Waals surface area contributed by atoms with Crippen molar-refractivity contribution >= 4 is 46.4 Å². The van der Waals surface area contributed by atoms with E-state index in [1.807, 2.05) is 84.9 Å². The van der Waals surface area contributed by atoms with Crippen molar-refractivity contribution in [3.05, 3.63) is 216 Å². The maximum absolute atomic E-state index is 5.60. The van der Waals surface area contributed by atoms with Crippen LogP contribution in [0.5, 0.6) is 0 Å². The van der Waals surface area contributed by atoms with Crippen molar-refractivity contribution < 1.29 is 0 Å². The van der Waals surface area contributed by atoms with E-state index in [1.54, 1.807) is 24.8 Å². The monoisotopic (exact) mass is 1040 g/mol. The Hall–Kier alpha value is -10.2. The van der Waals surface area contributed by atoms with Gasteiger partial charge in [0.1, 0.15) is 0 Å². The van der Waals surface area contributed by atoms with Crippen LogP contribution in [0.1, 0.15) is 75.4 Å². The highest BCUT2D eigenvalue weighted by molar-refractivity contribution is 5.99. The van der Waals surface area contributed by atoms with E-state index in [-0.39, 0.29) is 10.8 Å². The van der Waals surface area contributed by atoms with Crippen LogP contribution in [0, 0.1) is 0 Å². The fourth-order valence-corrected chi connectivity index (χ4v) is 10.3. The van der Waals surface area contributed by atoms with E-state index < -0.39 is 0 Å². The molecule has 0 fully saturated rings. The van der Waals surface area contributed by atoms with Gasteiger partial charge in [0.25, 0.3) is 0 Å². The van der Waals surface area contributed by atoms with Crippen LogP contribution in [0.3, 0.4) is 0 Å². The summed E-state index contributed by atoms with van der Waals surface area (Å²) in [6, 6.07) is 53.1. The minimum absolute atomic E-state index is 0.0634. The van der Waals surface area contributed by atoms with E-state index >= 15 is 0 Å². The van der Waals surface area contributed by atoms with Crippen LogP contribution >= 0.6 is 0 Å². The minimum Gasteiger partial charge on any atom is -0.354 e. The number of hydrogen-bond donors (Lipinski definition) is 2. The van der Waals surface area contributed by atoms with Crippen LogP contribution in [0.25, 0.3) is 137 Å². The number of aromatic amines is 2. The van der Waals surface area contributed by atoms with Crippen molar-refractivity contribution in [2.45, 2.75) is 52.4 Å². The molecule has 11 aromatic rings. The van der Waals surface area contributed by atoms with Crippen LogP contribution in [0.2, 0.25) is 0 Å². The van der Waals surface area contributed by atoms with Crippen molar-refractivity contribution in [2.24, 2.45) is 0 Å². The molecule has 0 saturated heterocycles. The van der Waals surface area contributed by atoms with E-state index in [1.165, 1.54) is 11.1 Å². The van der Waals surface area contributed by atoms with Gasteiger partial charge in [0, 0.05) is 46.9 Å². The number of H-pyrrole nitrogens is 2. The van der Waals surface area contributed by atoms with Gasteiger partial charge in [-0.3, -0.25) is 19.9 Å². The SMILES string of the molecule is CC(C)(C)c1ccc(-c2c3nc(c(-c4nc(-c5ccccn5)cc(-c5ccccn5)n4)c4ccc([nH]4)c(-c4ccc(C(C)(C)C)cc4)c4nc(c(-c5nc(-c6ccccn6)cc(-c6ccccn6)n5)c5ccc2[nH]5)C=C4)C=C3)cc1. The molecular weight excluding hydrogens is 985 g/mol. The van der Waals surface area contributed by atoms with Gasteiger partial charge in [-0.05, 0) is 142 Å². The zero-order valence-electron chi connectivity index (χ0n) is 45.1. The summed E-state index contributed by atoms with van der Waals surface area (Å²) in [6.07, 6.45) is 15.4. The van der Waals surface area contributed by atoms with Crippen molar-refractivity contribution in [3.8, 4) is 90.6 Å². The predicted molar refractivity (Wildman–Crippen MR) is 322 cm³/mol. The average Bonchev–Trinajstić information content (AvgIpc) is 4.38. The first-order chi connectivity index (χ1) is 38.9. The molecule has 0 spiro atoms. The molecule has 2 aromatic carbocycles. The van der Waals surface area contributed by atoms with Gasteiger partial charge in [-0.15, -0.1) is 0 Å². The first-order valence-electron chi connectivity index (χ1n) is 26.7.